The van der Waals surface area contributed by atoms with Gasteiger partial charge in [-0.05, 0) is 31.5 Å². The first-order valence-electron chi connectivity index (χ1n) is 6.67. The number of carboxylic acid groups (broad SMARTS) is 1. The molecule has 5 nitrogen and oxygen atoms in total. The summed E-state index contributed by atoms with van der Waals surface area (Å²) in [5.74, 6) is -1.66. The Morgan fingerprint density at radius 1 is 1.20 bits per heavy atom. The average molecular weight is 280 g/mol. The molecule has 1 aromatic carbocycles. The highest BCUT2D eigenvalue weighted by Gasteiger charge is 2.17. The van der Waals surface area contributed by atoms with Gasteiger partial charge < -0.3 is 14.6 Å². The Kier molecular flexibility index (Phi) is 6.18. The van der Waals surface area contributed by atoms with Crippen LogP contribution in [0.15, 0.2) is 24.3 Å². The number of benzene rings is 1. The van der Waals surface area contributed by atoms with Crippen molar-refractivity contribution in [1.82, 2.24) is 0 Å². The van der Waals surface area contributed by atoms with E-state index in [0.29, 0.717) is 6.42 Å². The van der Waals surface area contributed by atoms with E-state index in [2.05, 4.69) is 0 Å². The van der Waals surface area contributed by atoms with Crippen molar-refractivity contribution in [3.05, 3.63) is 35.4 Å². The molecule has 0 heterocycles. The van der Waals surface area contributed by atoms with Gasteiger partial charge in [0.25, 0.3) is 0 Å². The van der Waals surface area contributed by atoms with Gasteiger partial charge in [-0.15, -0.1) is 0 Å². The summed E-state index contributed by atoms with van der Waals surface area (Å²) in [6.07, 6.45) is 0.737. The molecule has 0 spiro atoms. The molecule has 0 aliphatic carbocycles. The van der Waals surface area contributed by atoms with Crippen LogP contribution < -0.4 is 0 Å². The minimum atomic E-state index is -1.08. The van der Waals surface area contributed by atoms with E-state index in [-0.39, 0.29) is 17.2 Å². The quantitative estimate of drug-likeness (QED) is 0.613. The van der Waals surface area contributed by atoms with E-state index in [1.54, 1.807) is 0 Å². The van der Waals surface area contributed by atoms with Crippen LogP contribution in [0.2, 0.25) is 0 Å². The molecular weight excluding hydrogens is 260 g/mol. The van der Waals surface area contributed by atoms with Gasteiger partial charge in [0.15, 0.2) is 0 Å². The molecule has 1 rings (SSSR count). The number of carboxylic acids is 1. The zero-order chi connectivity index (χ0) is 15.1. The zero-order valence-corrected chi connectivity index (χ0v) is 12.0. The molecule has 20 heavy (non-hydrogen) atoms. The van der Waals surface area contributed by atoms with Crippen LogP contribution in [-0.4, -0.2) is 29.4 Å². The van der Waals surface area contributed by atoms with E-state index in [0.717, 1.165) is 6.42 Å². The Balaban J connectivity index is 2.74. The van der Waals surface area contributed by atoms with Crippen LogP contribution in [0, 0.1) is 0 Å². The fraction of sp³-hybridized carbons (Fsp3) is 0.467. The normalized spacial score (nSPS) is 13.6. The van der Waals surface area contributed by atoms with Gasteiger partial charge in [0.2, 0.25) is 6.29 Å². The fourth-order valence-corrected chi connectivity index (χ4v) is 1.53. The molecule has 1 N–H and O–H groups in total. The molecule has 0 aliphatic heterocycles. The monoisotopic (exact) mass is 280 g/mol. The SMILES string of the molecule is CCC(C)OC(CC)OC(=O)c1cccc(C(=O)O)c1. The largest absolute Gasteiger partial charge is 0.478 e. The Bertz CT molecular complexity index is 469. The molecule has 2 unspecified atom stereocenters. The molecule has 1 aromatic rings. The van der Waals surface area contributed by atoms with Crippen molar-refractivity contribution in [2.75, 3.05) is 0 Å². The fourth-order valence-electron chi connectivity index (χ4n) is 1.53. The third-order valence-electron chi connectivity index (χ3n) is 2.88. The first kappa shape index (κ1) is 16.2. The van der Waals surface area contributed by atoms with Crippen molar-refractivity contribution in [2.24, 2.45) is 0 Å². The van der Waals surface area contributed by atoms with Crippen molar-refractivity contribution >= 4 is 11.9 Å². The summed E-state index contributed by atoms with van der Waals surface area (Å²) in [6.45, 7) is 5.74. The lowest BCUT2D eigenvalue weighted by molar-refractivity contribution is -0.138. The van der Waals surface area contributed by atoms with Crippen molar-refractivity contribution in [2.45, 2.75) is 46.0 Å². The maximum Gasteiger partial charge on any atom is 0.340 e. The summed E-state index contributed by atoms with van der Waals surface area (Å²) in [7, 11) is 0. The summed E-state index contributed by atoms with van der Waals surface area (Å²) in [6, 6.07) is 5.74. The highest BCUT2D eigenvalue weighted by Crippen LogP contribution is 2.12. The smallest absolute Gasteiger partial charge is 0.340 e. The van der Waals surface area contributed by atoms with Crippen molar-refractivity contribution in [3.8, 4) is 0 Å². The van der Waals surface area contributed by atoms with Crippen LogP contribution in [0.1, 0.15) is 54.3 Å². The Morgan fingerprint density at radius 2 is 1.85 bits per heavy atom. The second-order valence-electron chi connectivity index (χ2n) is 4.48. The van der Waals surface area contributed by atoms with E-state index in [9.17, 15) is 9.59 Å². The van der Waals surface area contributed by atoms with Gasteiger partial charge >= 0.3 is 11.9 Å². The molecule has 0 bridgehead atoms. The van der Waals surface area contributed by atoms with Crippen LogP contribution >= 0.6 is 0 Å². The highest BCUT2D eigenvalue weighted by molar-refractivity contribution is 5.94. The van der Waals surface area contributed by atoms with E-state index in [1.807, 2.05) is 20.8 Å². The van der Waals surface area contributed by atoms with Gasteiger partial charge in [-0.1, -0.05) is 19.9 Å². The summed E-state index contributed by atoms with van der Waals surface area (Å²) in [5.41, 5.74) is 0.256. The molecule has 0 saturated heterocycles. The number of aromatic carboxylic acids is 1. The second-order valence-corrected chi connectivity index (χ2v) is 4.48. The van der Waals surface area contributed by atoms with Crippen LogP contribution in [0.5, 0.6) is 0 Å². The number of hydrogen-bond acceptors (Lipinski definition) is 4. The summed E-state index contributed by atoms with van der Waals surface area (Å²) < 4.78 is 10.8. The number of hydrogen-bond donors (Lipinski definition) is 1. The maximum atomic E-state index is 12.0. The van der Waals surface area contributed by atoms with Crippen molar-refractivity contribution in [1.29, 1.82) is 0 Å². The number of rotatable bonds is 7. The van der Waals surface area contributed by atoms with Crippen LogP contribution in [-0.2, 0) is 9.47 Å². The Labute approximate surface area is 118 Å². The highest BCUT2D eigenvalue weighted by atomic mass is 16.7. The van der Waals surface area contributed by atoms with E-state index in [4.69, 9.17) is 14.6 Å². The van der Waals surface area contributed by atoms with Gasteiger partial charge in [-0.3, -0.25) is 0 Å². The van der Waals surface area contributed by atoms with E-state index < -0.39 is 18.2 Å². The molecular formula is C15H20O5. The minimum absolute atomic E-state index is 0.00176. The number of carbonyl (C=O) groups is 2. The van der Waals surface area contributed by atoms with Gasteiger partial charge in [0, 0.05) is 6.42 Å². The van der Waals surface area contributed by atoms with Crippen molar-refractivity contribution in [3.63, 3.8) is 0 Å². The summed E-state index contributed by atoms with van der Waals surface area (Å²) in [4.78, 5) is 22.8. The predicted molar refractivity (Wildman–Crippen MR) is 73.7 cm³/mol. The van der Waals surface area contributed by atoms with Gasteiger partial charge in [0.05, 0.1) is 17.2 Å². The van der Waals surface area contributed by atoms with Gasteiger partial charge in [-0.2, -0.15) is 0 Å². The topological polar surface area (TPSA) is 72.8 Å². The molecule has 0 aromatic heterocycles. The van der Waals surface area contributed by atoms with Gasteiger partial charge in [0.1, 0.15) is 0 Å². The lowest BCUT2D eigenvalue weighted by atomic mass is 10.1. The van der Waals surface area contributed by atoms with Gasteiger partial charge in [-0.25, -0.2) is 9.59 Å². The standard InChI is InChI=1S/C15H20O5/c1-4-10(3)19-13(5-2)20-15(18)12-8-6-7-11(9-12)14(16)17/h6-10,13H,4-5H2,1-3H3,(H,16,17). The summed E-state index contributed by atoms with van der Waals surface area (Å²) in [5, 5.41) is 8.89. The third kappa shape index (κ3) is 4.66. The zero-order valence-electron chi connectivity index (χ0n) is 12.0. The number of esters is 1. The lowest BCUT2D eigenvalue weighted by Gasteiger charge is -2.20. The first-order chi connectivity index (χ1) is 9.47. The summed E-state index contributed by atoms with van der Waals surface area (Å²) >= 11 is 0. The van der Waals surface area contributed by atoms with E-state index >= 15 is 0 Å². The van der Waals surface area contributed by atoms with E-state index in [1.165, 1.54) is 24.3 Å². The lowest BCUT2D eigenvalue weighted by Crippen LogP contribution is -2.25. The van der Waals surface area contributed by atoms with Crippen LogP contribution in [0.3, 0.4) is 0 Å². The molecule has 0 fully saturated rings. The molecule has 0 radical (unpaired) electrons. The third-order valence-corrected chi connectivity index (χ3v) is 2.88. The number of ether oxygens (including phenoxy) is 2. The average Bonchev–Trinajstić information content (AvgIpc) is 2.46. The molecule has 2 atom stereocenters. The Morgan fingerprint density at radius 3 is 2.40 bits per heavy atom. The minimum Gasteiger partial charge on any atom is -0.478 e. The second kappa shape index (κ2) is 7.65. The van der Waals surface area contributed by atoms with Crippen LogP contribution in [0.25, 0.3) is 0 Å². The first-order valence-corrected chi connectivity index (χ1v) is 6.67. The molecule has 0 saturated carbocycles. The molecule has 5 heteroatoms. The predicted octanol–water partition coefficient (Wildman–Crippen LogP) is 3.09. The Hall–Kier alpha value is -1.88. The maximum absolute atomic E-state index is 12.0. The molecule has 110 valence electrons. The number of carbonyl (C=O) groups excluding carboxylic acids is 1. The molecule has 0 aliphatic rings. The van der Waals surface area contributed by atoms with Crippen molar-refractivity contribution < 1.29 is 24.2 Å². The van der Waals surface area contributed by atoms with Crippen LogP contribution in [0.4, 0.5) is 0 Å². The molecule has 0 amide bonds.